The summed E-state index contributed by atoms with van der Waals surface area (Å²) >= 11 is 0. The number of amides is 1. The van der Waals surface area contributed by atoms with Crippen LogP contribution in [0.25, 0.3) is 11.6 Å². The number of likely N-dealkylation sites (N-methyl/N-ethyl adjacent to an activating group) is 1. The third kappa shape index (κ3) is 4.64. The van der Waals surface area contributed by atoms with Gasteiger partial charge < -0.3 is 18.9 Å². The lowest BCUT2D eigenvalue weighted by molar-refractivity contribution is -0.129. The van der Waals surface area contributed by atoms with Gasteiger partial charge in [-0.25, -0.2) is 4.98 Å². The lowest BCUT2D eigenvalue weighted by atomic mass is 10.1. The number of rotatable bonds is 9. The van der Waals surface area contributed by atoms with Crippen LogP contribution in [0.15, 0.2) is 29.0 Å². The van der Waals surface area contributed by atoms with Gasteiger partial charge in [0, 0.05) is 26.4 Å². The number of carbonyl (C=O) groups is 1. The maximum atomic E-state index is 12.4. The van der Waals surface area contributed by atoms with Crippen LogP contribution < -0.4 is 9.47 Å². The van der Waals surface area contributed by atoms with E-state index in [9.17, 15) is 4.79 Å². The number of benzene rings is 1. The van der Waals surface area contributed by atoms with Gasteiger partial charge in [-0.1, -0.05) is 11.2 Å². The molecule has 0 unspecified atom stereocenters. The topological polar surface area (TPSA) is 119 Å². The Kier molecular flexibility index (Phi) is 6.20. The van der Waals surface area contributed by atoms with Crippen molar-refractivity contribution in [1.29, 1.82) is 0 Å². The van der Waals surface area contributed by atoms with Gasteiger partial charge in [0.2, 0.25) is 17.6 Å². The molecule has 10 nitrogen and oxygen atoms in total. The molecular weight excluding hydrogens is 364 g/mol. The van der Waals surface area contributed by atoms with Gasteiger partial charge in [-0.05, 0) is 24.1 Å². The minimum absolute atomic E-state index is 0.000100. The molecule has 3 aromatic rings. The third-order valence-electron chi connectivity index (χ3n) is 4.26. The molecule has 0 saturated carbocycles. The molecule has 0 spiro atoms. The molecule has 0 saturated heterocycles. The normalized spacial score (nSPS) is 10.7. The van der Waals surface area contributed by atoms with Crippen molar-refractivity contribution >= 4 is 5.91 Å². The maximum absolute atomic E-state index is 12.4. The highest BCUT2D eigenvalue weighted by Gasteiger charge is 2.15. The van der Waals surface area contributed by atoms with Crippen LogP contribution >= 0.6 is 0 Å². The fraction of sp³-hybridized carbons (Fsp3) is 0.389. The van der Waals surface area contributed by atoms with Crippen LogP contribution in [0, 0.1) is 0 Å². The first kappa shape index (κ1) is 19.3. The lowest BCUT2D eigenvalue weighted by Gasteiger charge is -2.17. The van der Waals surface area contributed by atoms with Gasteiger partial charge in [-0.2, -0.15) is 10.1 Å². The van der Waals surface area contributed by atoms with Gasteiger partial charge in [0.25, 0.3) is 0 Å². The van der Waals surface area contributed by atoms with Gasteiger partial charge >= 0.3 is 0 Å². The second-order valence-electron chi connectivity index (χ2n) is 6.10. The van der Waals surface area contributed by atoms with E-state index in [1.807, 2.05) is 18.2 Å². The van der Waals surface area contributed by atoms with Crippen LogP contribution in [0.3, 0.4) is 0 Å². The van der Waals surface area contributed by atoms with Crippen LogP contribution in [0.5, 0.6) is 11.5 Å². The van der Waals surface area contributed by atoms with E-state index in [0.717, 1.165) is 5.56 Å². The van der Waals surface area contributed by atoms with E-state index in [4.69, 9.17) is 14.0 Å². The summed E-state index contributed by atoms with van der Waals surface area (Å²) in [4.78, 5) is 22.2. The van der Waals surface area contributed by atoms with E-state index in [1.54, 1.807) is 26.2 Å². The molecule has 3 rings (SSSR count). The predicted molar refractivity (Wildman–Crippen MR) is 98.9 cm³/mol. The highest BCUT2D eigenvalue weighted by atomic mass is 16.5. The summed E-state index contributed by atoms with van der Waals surface area (Å²) in [5.74, 6) is 2.48. The first-order valence-electron chi connectivity index (χ1n) is 8.74. The molecule has 0 bridgehead atoms. The van der Waals surface area contributed by atoms with Crippen molar-refractivity contribution in [3.63, 3.8) is 0 Å². The highest BCUT2D eigenvalue weighted by Crippen LogP contribution is 2.27. The molecule has 28 heavy (non-hydrogen) atoms. The number of nitrogens with zero attached hydrogens (tertiary/aromatic N) is 5. The van der Waals surface area contributed by atoms with E-state index in [-0.39, 0.29) is 12.3 Å². The number of ether oxygens (including phenoxy) is 2. The highest BCUT2D eigenvalue weighted by molar-refractivity contribution is 5.76. The van der Waals surface area contributed by atoms with E-state index < -0.39 is 0 Å². The average molecular weight is 386 g/mol. The Hall–Kier alpha value is -3.43. The Balaban J connectivity index is 1.48. The van der Waals surface area contributed by atoms with E-state index in [0.29, 0.717) is 48.4 Å². The zero-order chi connectivity index (χ0) is 19.9. The molecule has 0 fully saturated rings. The molecule has 0 radical (unpaired) electrons. The molecule has 148 valence electrons. The van der Waals surface area contributed by atoms with Crippen LogP contribution in [-0.4, -0.2) is 63.9 Å². The summed E-state index contributed by atoms with van der Waals surface area (Å²) in [6, 6.07) is 5.74. The number of aryl methyl sites for hydroxylation is 1. The molecule has 2 aromatic heterocycles. The standard InChI is InChI=1S/C18H22N6O4/c1-24(9-8-12-4-5-13(26-2)14(10-12)27-3)16(25)7-6-15-21-18(23-28-15)17-19-11-20-22-17/h4-5,10-11H,6-9H2,1-3H3,(H,19,20,22). The largest absolute Gasteiger partial charge is 0.493 e. The van der Waals surface area contributed by atoms with Crippen LogP contribution in [-0.2, 0) is 17.6 Å². The molecule has 0 aliphatic rings. The number of carbonyl (C=O) groups excluding carboxylic acids is 1. The zero-order valence-corrected chi connectivity index (χ0v) is 16.0. The summed E-state index contributed by atoms with van der Waals surface area (Å²) in [6.07, 6.45) is 2.71. The zero-order valence-electron chi connectivity index (χ0n) is 16.0. The second kappa shape index (κ2) is 8.98. The summed E-state index contributed by atoms with van der Waals surface area (Å²) in [7, 11) is 4.97. The summed E-state index contributed by atoms with van der Waals surface area (Å²) < 4.78 is 15.7. The maximum Gasteiger partial charge on any atom is 0.239 e. The summed E-state index contributed by atoms with van der Waals surface area (Å²) in [5.41, 5.74) is 1.06. The Morgan fingerprint density at radius 3 is 2.75 bits per heavy atom. The fourth-order valence-corrected chi connectivity index (χ4v) is 2.63. The SMILES string of the molecule is COc1ccc(CCN(C)C(=O)CCc2nc(-c3ncn[nH]3)no2)cc1OC. The number of aromatic nitrogens is 5. The number of aromatic amines is 1. The Morgan fingerprint density at radius 1 is 1.21 bits per heavy atom. The molecule has 1 N–H and O–H groups in total. The van der Waals surface area contributed by atoms with Crippen molar-refractivity contribution in [3.8, 4) is 23.1 Å². The molecule has 0 aliphatic heterocycles. The quantitative estimate of drug-likeness (QED) is 0.588. The monoisotopic (exact) mass is 386 g/mol. The van der Waals surface area contributed by atoms with E-state index in [2.05, 4.69) is 25.3 Å². The van der Waals surface area contributed by atoms with Crippen molar-refractivity contribution < 1.29 is 18.8 Å². The minimum Gasteiger partial charge on any atom is -0.493 e. The summed E-state index contributed by atoms with van der Waals surface area (Å²) in [6.45, 7) is 0.585. The Bertz CT molecular complexity index is 909. The number of methoxy groups -OCH3 is 2. The molecule has 0 atom stereocenters. The Morgan fingerprint density at radius 2 is 2.04 bits per heavy atom. The third-order valence-corrected chi connectivity index (χ3v) is 4.26. The molecule has 1 aromatic carbocycles. The first-order valence-corrected chi connectivity index (χ1v) is 8.74. The van der Waals surface area contributed by atoms with Crippen molar-refractivity contribution in [2.45, 2.75) is 19.3 Å². The molecule has 2 heterocycles. The van der Waals surface area contributed by atoms with Crippen molar-refractivity contribution in [3.05, 3.63) is 36.0 Å². The molecule has 1 amide bonds. The second-order valence-corrected chi connectivity index (χ2v) is 6.10. The van der Waals surface area contributed by atoms with Crippen molar-refractivity contribution in [2.75, 3.05) is 27.8 Å². The van der Waals surface area contributed by atoms with Gasteiger partial charge in [0.15, 0.2) is 17.3 Å². The number of nitrogens with one attached hydrogen (secondary N) is 1. The Labute approximate surface area is 161 Å². The first-order chi connectivity index (χ1) is 13.6. The van der Waals surface area contributed by atoms with Gasteiger partial charge in [0.05, 0.1) is 14.2 Å². The van der Waals surface area contributed by atoms with Crippen molar-refractivity contribution in [2.24, 2.45) is 0 Å². The predicted octanol–water partition coefficient (Wildman–Crippen LogP) is 1.51. The van der Waals surface area contributed by atoms with Crippen LogP contribution in [0.1, 0.15) is 17.9 Å². The fourth-order valence-electron chi connectivity index (χ4n) is 2.63. The van der Waals surface area contributed by atoms with Gasteiger partial charge in [-0.3, -0.25) is 9.89 Å². The average Bonchev–Trinajstić information content (AvgIpc) is 3.41. The van der Waals surface area contributed by atoms with E-state index in [1.165, 1.54) is 6.33 Å². The summed E-state index contributed by atoms with van der Waals surface area (Å²) in [5, 5.41) is 10.2. The van der Waals surface area contributed by atoms with Gasteiger partial charge in [0.1, 0.15) is 6.33 Å². The smallest absolute Gasteiger partial charge is 0.239 e. The molecular formula is C18H22N6O4. The minimum atomic E-state index is -0.000100. The van der Waals surface area contributed by atoms with Crippen LogP contribution in [0.4, 0.5) is 0 Å². The van der Waals surface area contributed by atoms with Crippen LogP contribution in [0.2, 0.25) is 0 Å². The van der Waals surface area contributed by atoms with Crippen molar-refractivity contribution in [1.82, 2.24) is 30.2 Å². The number of hydrogen-bond donors (Lipinski definition) is 1. The molecule has 0 aliphatic carbocycles. The van der Waals surface area contributed by atoms with E-state index >= 15 is 0 Å². The molecule has 10 heteroatoms. The lowest BCUT2D eigenvalue weighted by Crippen LogP contribution is -2.29. The van der Waals surface area contributed by atoms with Gasteiger partial charge in [-0.15, -0.1) is 0 Å². The number of H-pyrrole nitrogens is 1. The number of hydrogen-bond acceptors (Lipinski definition) is 8.